The molecule has 1 aromatic heterocycles. The molecule has 2 heterocycles. The van der Waals surface area contributed by atoms with E-state index in [9.17, 15) is 0 Å². The summed E-state index contributed by atoms with van der Waals surface area (Å²) in [7, 11) is 3.75. The molecule has 0 bridgehead atoms. The van der Waals surface area contributed by atoms with Gasteiger partial charge in [-0.15, -0.1) is 0 Å². The molecule has 108 valence electrons. The van der Waals surface area contributed by atoms with Crippen molar-refractivity contribution in [2.45, 2.75) is 25.8 Å². The number of likely N-dealkylation sites (tertiary alicyclic amines) is 1. The molecule has 1 aromatic rings. The number of nitrogens with two attached hydrogens (primary N) is 1. The number of rotatable bonds is 5. The van der Waals surface area contributed by atoms with Gasteiger partial charge in [-0.2, -0.15) is 5.10 Å². The van der Waals surface area contributed by atoms with Crippen LogP contribution in [-0.2, 0) is 11.8 Å². The molecule has 19 heavy (non-hydrogen) atoms. The monoisotopic (exact) mass is 266 g/mol. The number of nitrogens with zero attached hydrogens (tertiary/aromatic N) is 3. The molecule has 1 aliphatic rings. The first kappa shape index (κ1) is 14.5. The quantitative estimate of drug-likeness (QED) is 0.866. The number of piperidine rings is 1. The van der Waals surface area contributed by atoms with Crippen LogP contribution in [0.3, 0.4) is 0 Å². The van der Waals surface area contributed by atoms with Crippen molar-refractivity contribution in [1.82, 2.24) is 14.7 Å². The zero-order chi connectivity index (χ0) is 13.8. The third-order valence-electron chi connectivity index (χ3n) is 4.13. The Labute approximate surface area is 115 Å². The highest BCUT2D eigenvalue weighted by Gasteiger charge is 2.27. The lowest BCUT2D eigenvalue weighted by atomic mass is 9.95. The van der Waals surface area contributed by atoms with Crippen LogP contribution in [0, 0.1) is 12.8 Å². The molecule has 0 aromatic carbocycles. The van der Waals surface area contributed by atoms with Gasteiger partial charge in [0.05, 0.1) is 11.7 Å². The zero-order valence-corrected chi connectivity index (χ0v) is 12.3. The minimum absolute atomic E-state index is 0.303. The maximum Gasteiger partial charge on any atom is 0.0641 e. The van der Waals surface area contributed by atoms with Gasteiger partial charge in [0, 0.05) is 39.1 Å². The van der Waals surface area contributed by atoms with Crippen LogP contribution in [0.25, 0.3) is 0 Å². The van der Waals surface area contributed by atoms with Gasteiger partial charge in [-0.05, 0) is 38.8 Å². The molecule has 0 radical (unpaired) electrons. The molecule has 1 aliphatic heterocycles. The smallest absolute Gasteiger partial charge is 0.0641 e. The van der Waals surface area contributed by atoms with Crippen LogP contribution in [-0.4, -0.2) is 48.0 Å². The van der Waals surface area contributed by atoms with Gasteiger partial charge in [0.25, 0.3) is 0 Å². The molecule has 1 atom stereocenters. The fraction of sp³-hybridized carbons (Fsp3) is 0.786. The lowest BCUT2D eigenvalue weighted by molar-refractivity contribution is 0.0809. The van der Waals surface area contributed by atoms with E-state index in [0.717, 1.165) is 25.4 Å². The molecule has 0 saturated carbocycles. The summed E-state index contributed by atoms with van der Waals surface area (Å²) in [4.78, 5) is 2.50. The SMILES string of the molecule is COCC1CCN(C(CN)c2cn(C)nc2C)CC1. The average Bonchev–Trinajstić information content (AvgIpc) is 2.72. The first-order valence-corrected chi connectivity index (χ1v) is 7.09. The van der Waals surface area contributed by atoms with Crippen LogP contribution in [0.15, 0.2) is 6.20 Å². The molecule has 1 saturated heterocycles. The van der Waals surface area contributed by atoms with Crippen LogP contribution in [0.2, 0.25) is 0 Å². The minimum Gasteiger partial charge on any atom is -0.384 e. The Morgan fingerprint density at radius 2 is 2.16 bits per heavy atom. The van der Waals surface area contributed by atoms with E-state index in [4.69, 9.17) is 10.5 Å². The van der Waals surface area contributed by atoms with E-state index in [-0.39, 0.29) is 0 Å². The summed E-state index contributed by atoms with van der Waals surface area (Å²) in [6, 6.07) is 0.303. The number of hydrogen-bond acceptors (Lipinski definition) is 4. The summed E-state index contributed by atoms with van der Waals surface area (Å²) in [6.07, 6.45) is 4.50. The van der Waals surface area contributed by atoms with Crippen molar-refractivity contribution in [2.75, 3.05) is 33.4 Å². The number of hydrogen-bond donors (Lipinski definition) is 1. The van der Waals surface area contributed by atoms with Crippen LogP contribution >= 0.6 is 0 Å². The van der Waals surface area contributed by atoms with Crippen molar-refractivity contribution < 1.29 is 4.74 Å². The molecular formula is C14H26N4O. The summed E-state index contributed by atoms with van der Waals surface area (Å²) in [5, 5.41) is 4.43. The summed E-state index contributed by atoms with van der Waals surface area (Å²) < 4.78 is 7.13. The van der Waals surface area contributed by atoms with E-state index in [1.54, 1.807) is 7.11 Å². The van der Waals surface area contributed by atoms with Crippen LogP contribution < -0.4 is 5.73 Å². The first-order valence-electron chi connectivity index (χ1n) is 7.09. The van der Waals surface area contributed by atoms with Gasteiger partial charge in [0.2, 0.25) is 0 Å². The minimum atomic E-state index is 0.303. The lowest BCUT2D eigenvalue weighted by Gasteiger charge is -2.36. The van der Waals surface area contributed by atoms with Crippen molar-refractivity contribution in [3.05, 3.63) is 17.5 Å². The van der Waals surface area contributed by atoms with Gasteiger partial charge in [0.1, 0.15) is 0 Å². The highest BCUT2D eigenvalue weighted by molar-refractivity contribution is 5.20. The van der Waals surface area contributed by atoms with Gasteiger partial charge >= 0.3 is 0 Å². The lowest BCUT2D eigenvalue weighted by Crippen LogP contribution is -2.40. The average molecular weight is 266 g/mol. The molecule has 5 nitrogen and oxygen atoms in total. The van der Waals surface area contributed by atoms with Crippen LogP contribution in [0.5, 0.6) is 0 Å². The Morgan fingerprint density at radius 3 is 2.63 bits per heavy atom. The van der Waals surface area contributed by atoms with Crippen molar-refractivity contribution in [3.8, 4) is 0 Å². The van der Waals surface area contributed by atoms with Gasteiger partial charge in [-0.1, -0.05) is 0 Å². The van der Waals surface area contributed by atoms with Gasteiger partial charge < -0.3 is 10.5 Å². The molecular weight excluding hydrogens is 240 g/mol. The number of ether oxygens (including phenoxy) is 1. The number of methoxy groups -OCH3 is 1. The fourth-order valence-corrected chi connectivity index (χ4v) is 3.08. The van der Waals surface area contributed by atoms with E-state index in [0.29, 0.717) is 18.5 Å². The molecule has 0 aliphatic carbocycles. The molecule has 5 heteroatoms. The largest absolute Gasteiger partial charge is 0.384 e. The summed E-state index contributed by atoms with van der Waals surface area (Å²) in [5.41, 5.74) is 8.37. The third-order valence-corrected chi connectivity index (χ3v) is 4.13. The van der Waals surface area contributed by atoms with E-state index >= 15 is 0 Å². The highest BCUT2D eigenvalue weighted by atomic mass is 16.5. The molecule has 1 fully saturated rings. The highest BCUT2D eigenvalue weighted by Crippen LogP contribution is 2.27. The summed E-state index contributed by atoms with van der Waals surface area (Å²) in [6.45, 7) is 5.80. The van der Waals surface area contributed by atoms with Crippen LogP contribution in [0.4, 0.5) is 0 Å². The Hall–Kier alpha value is -0.910. The van der Waals surface area contributed by atoms with Gasteiger partial charge in [-0.25, -0.2) is 0 Å². The van der Waals surface area contributed by atoms with Crippen molar-refractivity contribution in [1.29, 1.82) is 0 Å². The number of aryl methyl sites for hydroxylation is 2. The van der Waals surface area contributed by atoms with E-state index in [1.807, 2.05) is 11.7 Å². The van der Waals surface area contributed by atoms with E-state index in [1.165, 1.54) is 18.4 Å². The molecule has 0 spiro atoms. The molecule has 1 unspecified atom stereocenters. The van der Waals surface area contributed by atoms with Crippen LogP contribution in [0.1, 0.15) is 30.1 Å². The molecule has 2 rings (SSSR count). The van der Waals surface area contributed by atoms with E-state index < -0.39 is 0 Å². The predicted molar refractivity (Wildman–Crippen MR) is 75.9 cm³/mol. The van der Waals surface area contributed by atoms with E-state index in [2.05, 4.69) is 23.1 Å². The molecule has 0 amide bonds. The number of aromatic nitrogens is 2. The van der Waals surface area contributed by atoms with Gasteiger partial charge in [0.15, 0.2) is 0 Å². The summed E-state index contributed by atoms with van der Waals surface area (Å²) in [5.74, 6) is 0.703. The standard InChI is InChI=1S/C14H26N4O/c1-11-13(9-17(2)16-11)14(8-15)18-6-4-12(5-7-18)10-19-3/h9,12,14H,4-8,10,15H2,1-3H3. The summed E-state index contributed by atoms with van der Waals surface area (Å²) >= 11 is 0. The van der Waals surface area contributed by atoms with Gasteiger partial charge in [-0.3, -0.25) is 9.58 Å². The maximum atomic E-state index is 6.00. The predicted octanol–water partition coefficient (Wildman–Crippen LogP) is 1.09. The first-order chi connectivity index (χ1) is 9.15. The maximum absolute atomic E-state index is 6.00. The zero-order valence-electron chi connectivity index (χ0n) is 12.3. The fourth-order valence-electron chi connectivity index (χ4n) is 3.08. The second kappa shape index (κ2) is 6.50. The Balaban J connectivity index is 2.01. The Kier molecular flexibility index (Phi) is 4.96. The van der Waals surface area contributed by atoms with Crippen molar-refractivity contribution >= 4 is 0 Å². The van der Waals surface area contributed by atoms with Crippen molar-refractivity contribution in [2.24, 2.45) is 18.7 Å². The molecule has 2 N–H and O–H groups in total. The Bertz CT molecular complexity index is 396. The van der Waals surface area contributed by atoms with Crippen molar-refractivity contribution in [3.63, 3.8) is 0 Å². The Morgan fingerprint density at radius 1 is 1.47 bits per heavy atom. The second-order valence-corrected chi connectivity index (χ2v) is 5.53. The third kappa shape index (κ3) is 3.35. The normalized spacial score (nSPS) is 19.8. The topological polar surface area (TPSA) is 56.3 Å². The second-order valence-electron chi connectivity index (χ2n) is 5.53.